The molecular weight excluding hydrogens is 605 g/mol. The Balaban J connectivity index is 2.29. The minimum absolute atomic E-state index is 0.0696. The molecule has 6 nitrogen and oxygen atoms in total. The van der Waals surface area contributed by atoms with Crippen molar-refractivity contribution in [2.45, 2.75) is 112 Å². The highest BCUT2D eigenvalue weighted by molar-refractivity contribution is 6.72. The maximum Gasteiger partial charge on any atom is 0.336 e. The molecule has 0 amide bonds. The third-order valence-corrected chi connectivity index (χ3v) is 13.9. The molecule has 0 fully saturated rings. The largest absolute Gasteiger partial charge is 0.432 e. The van der Waals surface area contributed by atoms with Crippen molar-refractivity contribution >= 4 is 25.4 Å². The van der Waals surface area contributed by atoms with Gasteiger partial charge in [0.2, 0.25) is 0 Å². The van der Waals surface area contributed by atoms with Crippen LogP contribution in [-0.2, 0) is 9.47 Å². The predicted octanol–water partition coefficient (Wildman–Crippen LogP) is 9.62. The molecule has 7 heteroatoms. The van der Waals surface area contributed by atoms with Crippen LogP contribution < -0.4 is 5.63 Å². The van der Waals surface area contributed by atoms with Crippen molar-refractivity contribution in [2.24, 2.45) is 35.5 Å². The lowest BCUT2D eigenvalue weighted by Crippen LogP contribution is -2.43. The molecule has 0 bridgehead atoms. The van der Waals surface area contributed by atoms with Gasteiger partial charge in [-0.2, -0.15) is 0 Å². The quantitative estimate of drug-likeness (QED) is 0.0671. The van der Waals surface area contributed by atoms with E-state index in [4.69, 9.17) is 13.9 Å². The van der Waals surface area contributed by atoms with Crippen molar-refractivity contribution in [3.8, 4) is 0 Å². The molecule has 1 aromatic heterocycles. The standard InChI is InChI=1S/C40H64O6Si/c1-13-14-15-28(3)38(42)32(7)35(25-40(8,9)47(11,12)43)30(5)22-27(2)23-31(6)39(45-26-44-10)29(4)16-17-33-18-19-34-20-21-37(41)46-36(34)24-33/h14-21,23-24,28-32,35,38-39,42-43H,13,22,25-26H2,1-12H3/b15-14-,17-16-,27-23-/t28?,29?,30-,31-,32-,35+,38-,39-/m0/s1. The zero-order valence-corrected chi connectivity index (χ0v) is 32.2. The zero-order chi connectivity index (χ0) is 35.5. The Morgan fingerprint density at radius 3 is 2.30 bits per heavy atom. The second-order valence-electron chi connectivity index (χ2n) is 15.2. The molecule has 0 saturated carbocycles. The average molecular weight is 669 g/mol. The second-order valence-corrected chi connectivity index (χ2v) is 19.7. The maximum absolute atomic E-state index is 11.7. The molecule has 264 valence electrons. The van der Waals surface area contributed by atoms with Crippen LogP contribution in [0.5, 0.6) is 0 Å². The number of allylic oxidation sites excluding steroid dienone is 2. The normalized spacial score (nSPS) is 18.7. The van der Waals surface area contributed by atoms with Gasteiger partial charge in [0.1, 0.15) is 12.4 Å². The number of fused-ring (bicyclic) bond motifs is 1. The Morgan fingerprint density at radius 1 is 1.02 bits per heavy atom. The molecule has 0 radical (unpaired) electrons. The summed E-state index contributed by atoms with van der Waals surface area (Å²) >= 11 is 0. The monoisotopic (exact) mass is 668 g/mol. The fourth-order valence-corrected chi connectivity index (χ4v) is 7.43. The number of methoxy groups -OCH3 is 1. The van der Waals surface area contributed by atoms with Crippen LogP contribution in [0.2, 0.25) is 18.1 Å². The zero-order valence-electron chi connectivity index (χ0n) is 31.2. The molecule has 2 unspecified atom stereocenters. The van der Waals surface area contributed by atoms with E-state index in [0.717, 1.165) is 30.2 Å². The van der Waals surface area contributed by atoms with Gasteiger partial charge in [-0.1, -0.05) is 103 Å². The van der Waals surface area contributed by atoms with Crippen LogP contribution in [-0.4, -0.2) is 44.3 Å². The van der Waals surface area contributed by atoms with E-state index in [0.29, 0.717) is 11.5 Å². The fraction of sp³-hybridized carbons (Fsp3) is 0.625. The summed E-state index contributed by atoms with van der Waals surface area (Å²) in [6, 6.07) is 9.07. The first kappa shape index (κ1) is 40.9. The molecular formula is C40H64O6Si. The summed E-state index contributed by atoms with van der Waals surface area (Å²) < 4.78 is 16.9. The SMILES string of the molecule is CC/C=C\C(C)[C@H](O)[C@@H](C)[C@H](CC(C)(C)[Si](C)(C)O)[C@@H](C)C/C(C)=C\[C@H](C)[C@@H](OCOC)C(C)/C=C\c1ccc2ccc(=O)oc2c1. The first-order valence-electron chi connectivity index (χ1n) is 17.5. The number of ether oxygens (including phenoxy) is 2. The molecule has 2 rings (SSSR count). The van der Waals surface area contributed by atoms with Crippen LogP contribution in [0.15, 0.2) is 69.4 Å². The predicted molar refractivity (Wildman–Crippen MR) is 200 cm³/mol. The molecule has 2 N–H and O–H groups in total. The summed E-state index contributed by atoms with van der Waals surface area (Å²) in [5.74, 6) is 0.896. The minimum atomic E-state index is -2.44. The Labute approximate surface area is 286 Å². The first-order chi connectivity index (χ1) is 21.9. The highest BCUT2D eigenvalue weighted by Gasteiger charge is 2.43. The molecule has 8 atom stereocenters. The van der Waals surface area contributed by atoms with E-state index in [2.05, 4.69) is 86.6 Å². The molecule has 0 aliphatic heterocycles. The van der Waals surface area contributed by atoms with Gasteiger partial charge in [0.05, 0.1) is 12.2 Å². The molecule has 0 aliphatic carbocycles. The topological polar surface area (TPSA) is 89.1 Å². The Morgan fingerprint density at radius 2 is 1.68 bits per heavy atom. The van der Waals surface area contributed by atoms with Crippen molar-refractivity contribution in [1.29, 1.82) is 0 Å². The minimum Gasteiger partial charge on any atom is -0.432 e. The molecule has 2 aromatic rings. The van der Waals surface area contributed by atoms with Gasteiger partial charge in [-0.25, -0.2) is 4.79 Å². The molecule has 1 aromatic carbocycles. The van der Waals surface area contributed by atoms with Gasteiger partial charge < -0.3 is 23.8 Å². The second kappa shape index (κ2) is 18.5. The number of hydrogen-bond acceptors (Lipinski definition) is 6. The van der Waals surface area contributed by atoms with E-state index < -0.39 is 14.4 Å². The Kier molecular flexibility index (Phi) is 16.1. The molecule has 0 spiro atoms. The summed E-state index contributed by atoms with van der Waals surface area (Å²) in [5, 5.41) is 12.2. The van der Waals surface area contributed by atoms with Gasteiger partial charge in [0.25, 0.3) is 0 Å². The van der Waals surface area contributed by atoms with Crippen molar-refractivity contribution in [2.75, 3.05) is 13.9 Å². The number of aliphatic hydroxyl groups is 1. The van der Waals surface area contributed by atoms with Crippen LogP contribution in [0.3, 0.4) is 0 Å². The van der Waals surface area contributed by atoms with Crippen molar-refractivity contribution in [1.82, 2.24) is 0 Å². The molecule has 0 saturated heterocycles. The summed E-state index contributed by atoms with van der Waals surface area (Å²) in [4.78, 5) is 22.9. The van der Waals surface area contributed by atoms with Gasteiger partial charge in [-0.15, -0.1) is 0 Å². The number of rotatable bonds is 19. The first-order valence-corrected chi connectivity index (χ1v) is 20.4. The van der Waals surface area contributed by atoms with Crippen molar-refractivity contribution < 1.29 is 23.8 Å². The molecule has 1 heterocycles. The highest BCUT2D eigenvalue weighted by atomic mass is 28.4. The molecule has 47 heavy (non-hydrogen) atoms. The fourth-order valence-electron chi connectivity index (χ4n) is 6.69. The van der Waals surface area contributed by atoms with E-state index in [1.54, 1.807) is 13.2 Å². The lowest BCUT2D eigenvalue weighted by atomic mass is 9.71. The van der Waals surface area contributed by atoms with Crippen LogP contribution in [0.25, 0.3) is 17.0 Å². The van der Waals surface area contributed by atoms with Gasteiger partial charge in [0.15, 0.2) is 8.32 Å². The Bertz CT molecular complexity index is 1380. The highest BCUT2D eigenvalue weighted by Crippen LogP contribution is 2.47. The summed E-state index contributed by atoms with van der Waals surface area (Å²) in [5.41, 5.74) is 2.46. The van der Waals surface area contributed by atoms with Gasteiger partial charge >= 0.3 is 5.63 Å². The number of benzene rings is 1. The van der Waals surface area contributed by atoms with E-state index in [1.165, 1.54) is 11.6 Å². The number of hydrogen-bond donors (Lipinski definition) is 2. The molecule has 0 aliphatic rings. The smallest absolute Gasteiger partial charge is 0.336 e. The maximum atomic E-state index is 11.7. The van der Waals surface area contributed by atoms with E-state index in [-0.39, 0.29) is 53.2 Å². The third kappa shape index (κ3) is 12.3. The average Bonchev–Trinajstić information content (AvgIpc) is 2.99. The van der Waals surface area contributed by atoms with Gasteiger partial charge in [0, 0.05) is 36.3 Å². The summed E-state index contributed by atoms with van der Waals surface area (Å²) in [7, 11) is -0.802. The van der Waals surface area contributed by atoms with Gasteiger partial charge in [-0.05, 0) is 79.8 Å². The van der Waals surface area contributed by atoms with Crippen molar-refractivity contribution in [3.05, 3.63) is 76.2 Å². The van der Waals surface area contributed by atoms with Crippen LogP contribution in [0.1, 0.15) is 87.1 Å². The van der Waals surface area contributed by atoms with Crippen LogP contribution in [0, 0.1) is 35.5 Å². The van der Waals surface area contributed by atoms with Crippen LogP contribution in [0.4, 0.5) is 0 Å². The number of aliphatic hydroxyl groups excluding tert-OH is 1. The van der Waals surface area contributed by atoms with E-state index >= 15 is 0 Å². The van der Waals surface area contributed by atoms with Gasteiger partial charge in [-0.3, -0.25) is 0 Å². The van der Waals surface area contributed by atoms with Crippen molar-refractivity contribution in [3.63, 3.8) is 0 Å². The lowest BCUT2D eigenvalue weighted by Gasteiger charge is -2.43. The van der Waals surface area contributed by atoms with Crippen LogP contribution >= 0.6 is 0 Å². The summed E-state index contributed by atoms with van der Waals surface area (Å²) in [6.45, 7) is 23.9. The lowest BCUT2D eigenvalue weighted by molar-refractivity contribution is -0.0947. The third-order valence-electron chi connectivity index (χ3n) is 10.4. The van der Waals surface area contributed by atoms with E-state index in [1.807, 2.05) is 37.4 Å². The summed E-state index contributed by atoms with van der Waals surface area (Å²) in [6.07, 6.45) is 13.0. The van der Waals surface area contributed by atoms with E-state index in [9.17, 15) is 14.7 Å². The Hall–Kier alpha value is -2.29.